The van der Waals surface area contributed by atoms with Gasteiger partial charge in [-0.1, -0.05) is 13.8 Å². The molecule has 0 spiro atoms. The summed E-state index contributed by atoms with van der Waals surface area (Å²) in [6, 6.07) is 0. The molecule has 1 heterocycles. The molecule has 1 aromatic heterocycles. The highest BCUT2D eigenvalue weighted by Crippen LogP contribution is 2.29. The molecule has 0 radical (unpaired) electrons. The lowest BCUT2D eigenvalue weighted by Crippen LogP contribution is -2.44. The predicted octanol–water partition coefficient (Wildman–Crippen LogP) is 1.91. The molecule has 132 valence electrons. The van der Waals surface area contributed by atoms with Gasteiger partial charge in [0.1, 0.15) is 17.8 Å². The number of hydrogen-bond acceptors (Lipinski definition) is 5. The lowest BCUT2D eigenvalue weighted by molar-refractivity contribution is 0.0436. The maximum Gasteiger partial charge on any atom is 0.407 e. The van der Waals surface area contributed by atoms with Crippen LogP contribution in [0.15, 0.2) is 6.33 Å². The highest BCUT2D eigenvalue weighted by molar-refractivity contribution is 5.67. The zero-order chi connectivity index (χ0) is 17.7. The van der Waals surface area contributed by atoms with Crippen LogP contribution in [0.5, 0.6) is 0 Å². The number of hydrogen-bond donors (Lipinski definition) is 2. The maximum atomic E-state index is 11.9. The summed E-state index contributed by atoms with van der Waals surface area (Å²) in [6.07, 6.45) is 2.31. The molecule has 0 saturated carbocycles. The maximum absolute atomic E-state index is 11.9. The summed E-state index contributed by atoms with van der Waals surface area (Å²) < 4.78 is 6.97. The fourth-order valence-corrected chi connectivity index (χ4v) is 2.64. The third-order valence-corrected chi connectivity index (χ3v) is 3.52. The first-order chi connectivity index (χ1) is 10.6. The topological polar surface area (TPSA) is 89.3 Å². The third-order valence-electron chi connectivity index (χ3n) is 3.52. The minimum Gasteiger partial charge on any atom is -0.444 e. The quantitative estimate of drug-likeness (QED) is 0.799. The Hall–Kier alpha value is -1.63. The van der Waals surface area contributed by atoms with Gasteiger partial charge in [0.25, 0.3) is 0 Å². The Morgan fingerprint density at radius 2 is 2.09 bits per heavy atom. The number of carbonyl (C=O) groups is 1. The molecule has 0 aromatic carbocycles. The molecule has 0 saturated heterocycles. The molecule has 23 heavy (non-hydrogen) atoms. The number of nitrogens with zero attached hydrogens (tertiary/aromatic N) is 3. The second kappa shape index (κ2) is 7.77. The number of aromatic nitrogens is 3. The van der Waals surface area contributed by atoms with Gasteiger partial charge in [-0.15, -0.1) is 0 Å². The smallest absolute Gasteiger partial charge is 0.407 e. The van der Waals surface area contributed by atoms with Crippen LogP contribution in [-0.4, -0.2) is 44.7 Å². The second-order valence-electron chi connectivity index (χ2n) is 7.59. The Balaban J connectivity index is 2.83. The number of aliphatic hydroxyl groups excluding tert-OH is 1. The highest BCUT2D eigenvalue weighted by Gasteiger charge is 2.33. The number of nitrogens with one attached hydrogen (secondary N) is 1. The number of rotatable bonds is 7. The number of alkyl carbamates (subject to hydrolysis) is 1. The van der Waals surface area contributed by atoms with Gasteiger partial charge in [-0.05, 0) is 33.1 Å². The van der Waals surface area contributed by atoms with Crippen molar-refractivity contribution in [2.24, 2.45) is 18.4 Å². The molecule has 0 bridgehead atoms. The summed E-state index contributed by atoms with van der Waals surface area (Å²) in [5.74, 6) is 1.15. The van der Waals surface area contributed by atoms with Crippen molar-refractivity contribution in [3.63, 3.8) is 0 Å². The first kappa shape index (κ1) is 19.4. The molecule has 0 fully saturated rings. The largest absolute Gasteiger partial charge is 0.444 e. The monoisotopic (exact) mass is 326 g/mol. The van der Waals surface area contributed by atoms with Crippen LogP contribution in [0.3, 0.4) is 0 Å². The van der Waals surface area contributed by atoms with Crippen molar-refractivity contribution in [1.29, 1.82) is 0 Å². The van der Waals surface area contributed by atoms with Crippen LogP contribution in [0.1, 0.15) is 46.9 Å². The summed E-state index contributed by atoms with van der Waals surface area (Å²) in [7, 11) is 1.82. The minimum atomic E-state index is -0.548. The van der Waals surface area contributed by atoms with Crippen molar-refractivity contribution >= 4 is 6.09 Å². The van der Waals surface area contributed by atoms with Gasteiger partial charge >= 0.3 is 6.09 Å². The number of ether oxygens (including phenoxy) is 1. The van der Waals surface area contributed by atoms with E-state index in [0.717, 1.165) is 12.2 Å². The summed E-state index contributed by atoms with van der Waals surface area (Å²) in [5.41, 5.74) is -1.04. The number of amides is 1. The number of aryl methyl sites for hydroxylation is 1. The van der Waals surface area contributed by atoms with Gasteiger partial charge in [-0.2, -0.15) is 5.10 Å². The molecule has 1 amide bonds. The predicted molar refractivity (Wildman–Crippen MR) is 87.9 cm³/mol. The van der Waals surface area contributed by atoms with E-state index in [9.17, 15) is 9.90 Å². The molecule has 7 nitrogen and oxygen atoms in total. The van der Waals surface area contributed by atoms with E-state index in [1.807, 2.05) is 27.8 Å². The van der Waals surface area contributed by atoms with Crippen molar-refractivity contribution in [2.45, 2.75) is 53.1 Å². The molecule has 0 aliphatic rings. The Morgan fingerprint density at radius 3 is 2.52 bits per heavy atom. The SMILES string of the molecule is CC(C)CC(CO)(CNC(=O)OC(C)(C)C)Cc1ncnn1C. The Morgan fingerprint density at radius 1 is 1.43 bits per heavy atom. The van der Waals surface area contributed by atoms with Crippen LogP contribution in [0.2, 0.25) is 0 Å². The fraction of sp³-hybridized carbons (Fsp3) is 0.812. The van der Waals surface area contributed by atoms with E-state index in [1.165, 1.54) is 6.33 Å². The van der Waals surface area contributed by atoms with Crippen molar-refractivity contribution in [3.8, 4) is 0 Å². The first-order valence-electron chi connectivity index (χ1n) is 7.97. The van der Waals surface area contributed by atoms with Crippen molar-refractivity contribution in [2.75, 3.05) is 13.2 Å². The molecule has 1 atom stereocenters. The summed E-state index contributed by atoms with van der Waals surface area (Å²) in [4.78, 5) is 16.2. The summed E-state index contributed by atoms with van der Waals surface area (Å²) in [6.45, 7) is 9.92. The standard InChI is InChI=1S/C16H30N4O3/c1-12(2)7-16(10-21,8-13-18-11-19-20(13)6)9-17-14(22)23-15(3,4)5/h11-12,21H,7-10H2,1-6H3,(H,17,22). The van der Waals surface area contributed by atoms with E-state index < -0.39 is 17.1 Å². The molecule has 2 N–H and O–H groups in total. The van der Waals surface area contributed by atoms with Crippen LogP contribution < -0.4 is 5.32 Å². The van der Waals surface area contributed by atoms with Gasteiger partial charge in [0, 0.05) is 25.4 Å². The summed E-state index contributed by atoms with van der Waals surface area (Å²) in [5, 5.41) is 16.9. The van der Waals surface area contributed by atoms with Crippen LogP contribution in [0.25, 0.3) is 0 Å². The van der Waals surface area contributed by atoms with Gasteiger partial charge < -0.3 is 15.2 Å². The summed E-state index contributed by atoms with van der Waals surface area (Å²) >= 11 is 0. The zero-order valence-electron chi connectivity index (χ0n) is 15.1. The van der Waals surface area contributed by atoms with Crippen molar-refractivity contribution in [1.82, 2.24) is 20.1 Å². The van der Waals surface area contributed by atoms with E-state index >= 15 is 0 Å². The molecule has 1 aromatic rings. The lowest BCUT2D eigenvalue weighted by atomic mass is 9.77. The average Bonchev–Trinajstić information content (AvgIpc) is 2.79. The first-order valence-corrected chi connectivity index (χ1v) is 7.97. The minimum absolute atomic E-state index is 0.0478. The molecule has 1 unspecified atom stereocenters. The van der Waals surface area contributed by atoms with Crippen molar-refractivity contribution < 1.29 is 14.6 Å². The normalized spacial score (nSPS) is 14.6. The van der Waals surface area contributed by atoms with Crippen LogP contribution in [-0.2, 0) is 18.2 Å². The van der Waals surface area contributed by atoms with Crippen molar-refractivity contribution in [3.05, 3.63) is 12.2 Å². The van der Waals surface area contributed by atoms with E-state index in [0.29, 0.717) is 18.9 Å². The molecule has 7 heteroatoms. The fourth-order valence-electron chi connectivity index (χ4n) is 2.64. The molecule has 0 aliphatic heterocycles. The van der Waals surface area contributed by atoms with Crippen LogP contribution in [0, 0.1) is 11.3 Å². The Kier molecular flexibility index (Phi) is 6.56. The Labute approximate surface area is 138 Å². The van der Waals surface area contributed by atoms with Crippen LogP contribution in [0.4, 0.5) is 4.79 Å². The van der Waals surface area contributed by atoms with Gasteiger partial charge in [0.2, 0.25) is 0 Å². The second-order valence-corrected chi connectivity index (χ2v) is 7.59. The van der Waals surface area contributed by atoms with Gasteiger partial charge in [-0.3, -0.25) is 4.68 Å². The average molecular weight is 326 g/mol. The molecular weight excluding hydrogens is 296 g/mol. The molecular formula is C16H30N4O3. The van der Waals surface area contributed by atoms with Gasteiger partial charge in [0.05, 0.1) is 6.61 Å². The lowest BCUT2D eigenvalue weighted by Gasteiger charge is -2.33. The van der Waals surface area contributed by atoms with Gasteiger partial charge in [-0.25, -0.2) is 9.78 Å². The molecule has 1 rings (SSSR count). The van der Waals surface area contributed by atoms with Gasteiger partial charge in [0.15, 0.2) is 0 Å². The number of carbonyl (C=O) groups excluding carboxylic acids is 1. The third kappa shape index (κ3) is 6.56. The van der Waals surface area contributed by atoms with E-state index in [-0.39, 0.29) is 6.61 Å². The van der Waals surface area contributed by atoms with Crippen LogP contribution >= 0.6 is 0 Å². The van der Waals surface area contributed by atoms with E-state index in [2.05, 4.69) is 29.2 Å². The van der Waals surface area contributed by atoms with E-state index in [1.54, 1.807) is 4.68 Å². The zero-order valence-corrected chi connectivity index (χ0v) is 15.1. The number of aliphatic hydroxyl groups is 1. The molecule has 0 aliphatic carbocycles. The Bertz CT molecular complexity index is 508. The highest BCUT2D eigenvalue weighted by atomic mass is 16.6. The van der Waals surface area contributed by atoms with E-state index in [4.69, 9.17) is 4.74 Å².